The maximum Gasteiger partial charge on any atom is 0.255 e. The third kappa shape index (κ3) is 5.70. The molecule has 0 spiro atoms. The zero-order valence-electron chi connectivity index (χ0n) is 20.6. The van der Waals surface area contributed by atoms with Crippen molar-refractivity contribution in [3.05, 3.63) is 58.6 Å². The van der Waals surface area contributed by atoms with Crippen LogP contribution in [-0.4, -0.2) is 53.9 Å². The van der Waals surface area contributed by atoms with Crippen molar-refractivity contribution in [3.8, 4) is 0 Å². The van der Waals surface area contributed by atoms with Crippen LogP contribution in [0.5, 0.6) is 0 Å². The van der Waals surface area contributed by atoms with E-state index in [0.29, 0.717) is 12.8 Å². The summed E-state index contributed by atoms with van der Waals surface area (Å²) in [6.07, 6.45) is 0.483. The number of sulfone groups is 1. The van der Waals surface area contributed by atoms with Crippen LogP contribution in [0.25, 0.3) is 0 Å². The molecule has 2 fully saturated rings. The molecule has 12 heteroatoms. The van der Waals surface area contributed by atoms with Crippen molar-refractivity contribution in [2.24, 2.45) is 11.8 Å². The van der Waals surface area contributed by atoms with Crippen LogP contribution < -0.4 is 10.6 Å². The fourth-order valence-electron chi connectivity index (χ4n) is 5.55. The first-order valence-electron chi connectivity index (χ1n) is 12.3. The number of nitrogens with one attached hydrogen (secondary N) is 2. The fraction of sp³-hybridized carbons (Fsp3) is 0.462. The first-order valence-corrected chi connectivity index (χ1v) is 14.2. The molecule has 2 amide bonds. The lowest BCUT2D eigenvalue weighted by Crippen LogP contribution is -2.51. The third-order valence-electron chi connectivity index (χ3n) is 7.53. The molecule has 0 radical (unpaired) electrons. The lowest BCUT2D eigenvalue weighted by atomic mass is 9.72. The topological polar surface area (TPSA) is 133 Å². The lowest BCUT2D eigenvalue weighted by molar-refractivity contribution is -0.133. The maximum absolute atomic E-state index is 13.7. The number of halogens is 3. The Kier molecular flexibility index (Phi) is 8.13. The fourth-order valence-corrected chi connectivity index (χ4v) is 7.95. The largest absolute Gasteiger partial charge is 0.392 e. The SMILES string of the molecule is C[C@H](O)CNC(=O)C[C@]1(O)C2CCC1C[C@@H](S(=O)(=O)c1cc(C(=O)Nc3ccc(F)c(F)c3)ccc1Cl)C2. The van der Waals surface area contributed by atoms with Crippen LogP contribution in [0.2, 0.25) is 5.02 Å². The molecular formula is C26H29ClF2N2O6S. The number of amides is 2. The molecule has 8 nitrogen and oxygen atoms in total. The molecule has 2 saturated carbocycles. The molecule has 2 unspecified atom stereocenters. The van der Waals surface area contributed by atoms with Gasteiger partial charge in [-0.2, -0.15) is 0 Å². The summed E-state index contributed by atoms with van der Waals surface area (Å²) >= 11 is 6.25. The van der Waals surface area contributed by atoms with Gasteiger partial charge in [-0.15, -0.1) is 0 Å². The Bertz CT molecular complexity index is 1340. The standard InChI is InChI=1S/C26H29ClF2N2O6S/c1-14(32)13-30-24(33)12-26(35)16-3-4-17(26)10-19(9-16)38(36,37)23-8-15(2-6-20(23)27)25(34)31-18-5-7-21(28)22(29)11-18/h2,5-8,11,14,16-17,19,32,35H,3-4,9-10,12-13H2,1H3,(H,30,33)(H,31,34)/t14-,16?,17?,19-,26-/m0/s1. The van der Waals surface area contributed by atoms with Gasteiger partial charge in [0.15, 0.2) is 21.5 Å². The smallest absolute Gasteiger partial charge is 0.255 e. The Labute approximate surface area is 224 Å². The van der Waals surface area contributed by atoms with Crippen molar-refractivity contribution in [1.29, 1.82) is 0 Å². The van der Waals surface area contributed by atoms with Crippen LogP contribution in [-0.2, 0) is 14.6 Å². The van der Waals surface area contributed by atoms with Gasteiger partial charge in [0.1, 0.15) is 0 Å². The van der Waals surface area contributed by atoms with Crippen LogP contribution in [0.1, 0.15) is 49.4 Å². The highest BCUT2D eigenvalue weighted by Crippen LogP contribution is 2.53. The second-order valence-corrected chi connectivity index (χ2v) is 12.8. The monoisotopic (exact) mass is 570 g/mol. The second-order valence-electron chi connectivity index (χ2n) is 10.2. The molecule has 3 atom stereocenters. The molecular weight excluding hydrogens is 542 g/mol. The number of anilines is 1. The van der Waals surface area contributed by atoms with Crippen LogP contribution in [0.3, 0.4) is 0 Å². The van der Waals surface area contributed by atoms with Crippen molar-refractivity contribution < 1.29 is 37.0 Å². The van der Waals surface area contributed by atoms with Crippen LogP contribution >= 0.6 is 11.6 Å². The van der Waals surface area contributed by atoms with E-state index in [1.165, 1.54) is 25.1 Å². The number of fused-ring (bicyclic) bond motifs is 2. The number of carbonyl (C=O) groups is 2. The zero-order valence-corrected chi connectivity index (χ0v) is 22.2. The summed E-state index contributed by atoms with van der Waals surface area (Å²) in [6, 6.07) is 6.61. The van der Waals surface area contributed by atoms with E-state index in [1.54, 1.807) is 0 Å². The number of carbonyl (C=O) groups excluding carboxylic acids is 2. The Morgan fingerprint density at radius 2 is 1.76 bits per heavy atom. The van der Waals surface area contributed by atoms with Crippen molar-refractivity contribution >= 4 is 38.9 Å². The first-order chi connectivity index (χ1) is 17.8. The number of hydrogen-bond acceptors (Lipinski definition) is 6. The molecule has 0 saturated heterocycles. The third-order valence-corrected chi connectivity index (χ3v) is 10.2. The van der Waals surface area contributed by atoms with Crippen molar-refractivity contribution in [2.75, 3.05) is 11.9 Å². The minimum Gasteiger partial charge on any atom is -0.392 e. The molecule has 0 heterocycles. The highest BCUT2D eigenvalue weighted by atomic mass is 35.5. The van der Waals surface area contributed by atoms with Crippen molar-refractivity contribution in [2.45, 2.75) is 60.9 Å². The van der Waals surface area contributed by atoms with Gasteiger partial charge in [-0.05, 0) is 74.8 Å². The normalized spacial score (nSPS) is 25.6. The predicted octanol–water partition coefficient (Wildman–Crippen LogP) is 3.45. The van der Waals surface area contributed by atoms with Crippen LogP contribution in [0.15, 0.2) is 41.3 Å². The van der Waals surface area contributed by atoms with Gasteiger partial charge in [0.25, 0.3) is 5.91 Å². The van der Waals surface area contributed by atoms with E-state index < -0.39 is 62.1 Å². The van der Waals surface area contributed by atoms with Gasteiger partial charge in [-0.1, -0.05) is 11.6 Å². The molecule has 206 valence electrons. The first kappa shape index (κ1) is 28.4. The molecule has 0 aliphatic heterocycles. The predicted molar refractivity (Wildman–Crippen MR) is 136 cm³/mol. The average molecular weight is 571 g/mol. The Balaban J connectivity index is 1.51. The van der Waals surface area contributed by atoms with Gasteiger partial charge in [-0.3, -0.25) is 9.59 Å². The highest BCUT2D eigenvalue weighted by molar-refractivity contribution is 7.92. The number of benzene rings is 2. The molecule has 2 bridgehead atoms. The van der Waals surface area contributed by atoms with E-state index in [2.05, 4.69) is 10.6 Å². The number of aliphatic hydroxyl groups excluding tert-OH is 1. The molecule has 2 aliphatic rings. The van der Waals surface area contributed by atoms with E-state index >= 15 is 0 Å². The summed E-state index contributed by atoms with van der Waals surface area (Å²) in [5.41, 5.74) is -1.39. The summed E-state index contributed by atoms with van der Waals surface area (Å²) in [5.74, 6) is -4.19. The van der Waals surface area contributed by atoms with E-state index in [1.807, 2.05) is 0 Å². The van der Waals surface area contributed by atoms with Gasteiger partial charge < -0.3 is 20.8 Å². The second kappa shape index (κ2) is 10.9. The highest BCUT2D eigenvalue weighted by Gasteiger charge is 2.56. The Morgan fingerprint density at radius 3 is 2.37 bits per heavy atom. The minimum absolute atomic E-state index is 0.00567. The maximum atomic E-state index is 13.7. The number of aliphatic hydroxyl groups is 2. The van der Waals surface area contributed by atoms with E-state index in [0.717, 1.165) is 18.2 Å². The number of hydrogen-bond donors (Lipinski definition) is 4. The van der Waals surface area contributed by atoms with Crippen molar-refractivity contribution in [3.63, 3.8) is 0 Å². The van der Waals surface area contributed by atoms with Crippen molar-refractivity contribution in [1.82, 2.24) is 5.32 Å². The molecule has 2 aliphatic carbocycles. The van der Waals surface area contributed by atoms with Gasteiger partial charge in [0.2, 0.25) is 5.91 Å². The average Bonchev–Trinajstić information content (AvgIpc) is 3.00. The molecule has 2 aromatic carbocycles. The summed E-state index contributed by atoms with van der Waals surface area (Å²) in [6.45, 7) is 1.58. The summed E-state index contributed by atoms with van der Waals surface area (Å²) in [5, 5.41) is 24.8. The van der Waals surface area contributed by atoms with Crippen LogP contribution in [0.4, 0.5) is 14.5 Å². The molecule has 4 rings (SSSR count). The van der Waals surface area contributed by atoms with E-state index in [9.17, 15) is 37.0 Å². The quantitative estimate of drug-likeness (QED) is 0.384. The summed E-state index contributed by atoms with van der Waals surface area (Å²) in [7, 11) is -4.03. The zero-order chi connectivity index (χ0) is 27.8. The summed E-state index contributed by atoms with van der Waals surface area (Å²) in [4.78, 5) is 24.8. The molecule has 38 heavy (non-hydrogen) atoms. The Hall–Kier alpha value is -2.60. The van der Waals surface area contributed by atoms with Gasteiger partial charge in [0.05, 0.1) is 33.3 Å². The van der Waals surface area contributed by atoms with Gasteiger partial charge >= 0.3 is 0 Å². The lowest BCUT2D eigenvalue weighted by Gasteiger charge is -2.42. The number of rotatable bonds is 8. The minimum atomic E-state index is -4.03. The van der Waals surface area contributed by atoms with Gasteiger partial charge in [0, 0.05) is 23.9 Å². The molecule has 2 aromatic rings. The van der Waals surface area contributed by atoms with E-state index in [-0.39, 0.29) is 47.0 Å². The van der Waals surface area contributed by atoms with E-state index in [4.69, 9.17) is 11.6 Å². The Morgan fingerprint density at radius 1 is 1.11 bits per heavy atom. The summed E-state index contributed by atoms with van der Waals surface area (Å²) < 4.78 is 54.0. The molecule has 0 aromatic heterocycles. The van der Waals surface area contributed by atoms with Gasteiger partial charge in [-0.25, -0.2) is 17.2 Å². The molecule has 4 N–H and O–H groups in total. The van der Waals surface area contributed by atoms with Crippen LogP contribution in [0, 0.1) is 23.5 Å².